The molecule has 464 valence electrons. The van der Waals surface area contributed by atoms with Crippen LogP contribution in [0.25, 0.3) is 66.4 Å². The van der Waals surface area contributed by atoms with E-state index in [0.717, 1.165) is 48.9 Å². The maximum absolute atomic E-state index is 15.7. The van der Waals surface area contributed by atoms with Crippen molar-refractivity contribution in [1.29, 1.82) is 0 Å². The fraction of sp³-hybridized carbons (Fsp3) is 0.387. The fourth-order valence-electron chi connectivity index (χ4n) is 12.4. The van der Waals surface area contributed by atoms with Gasteiger partial charge in [-0.15, -0.1) is 0 Å². The van der Waals surface area contributed by atoms with Crippen LogP contribution in [0.1, 0.15) is 74.1 Å². The lowest BCUT2D eigenvalue weighted by Crippen LogP contribution is -2.28. The van der Waals surface area contributed by atoms with Gasteiger partial charge in [-0.1, -0.05) is 0 Å². The maximum Gasteiger partial charge on any atom is 0.278 e. The molecular formula is C62H64F6N10O8S2. The van der Waals surface area contributed by atoms with Gasteiger partial charge in [0.05, 0.1) is 101 Å². The van der Waals surface area contributed by atoms with Crippen molar-refractivity contribution >= 4 is 63.5 Å². The molecule has 18 nitrogen and oxygen atoms in total. The number of aromatic nitrogens is 10. The molecule has 0 amide bonds. The SMILES string of the molecule is Cc1cnn(C)c1-c1cnc2c3c(OCC(C)(F)F)ccc(S(C)(=O)=O)c3n(C(c3ncccc3F)C3CCOCC3)c2c1.Cc1cnn(C)c1-c1cnc2c3c(OCC(C)(F)F)ccc(S(C)(=O)=O)c3n(C(c3ncccc3F)C3CCOCC3)c2c1. The van der Waals surface area contributed by atoms with Gasteiger partial charge in [-0.25, -0.2) is 43.2 Å². The van der Waals surface area contributed by atoms with Gasteiger partial charge in [0.2, 0.25) is 0 Å². The fourth-order valence-corrected chi connectivity index (χ4v) is 14.1. The van der Waals surface area contributed by atoms with Crippen molar-refractivity contribution in [2.45, 2.75) is 87.1 Å². The predicted molar refractivity (Wildman–Crippen MR) is 319 cm³/mol. The van der Waals surface area contributed by atoms with Crippen LogP contribution < -0.4 is 9.47 Å². The van der Waals surface area contributed by atoms with Crippen LogP contribution in [0.5, 0.6) is 11.5 Å². The first-order valence-electron chi connectivity index (χ1n) is 28.4. The molecule has 2 saturated heterocycles. The Labute approximate surface area is 503 Å². The zero-order valence-corrected chi connectivity index (χ0v) is 51.1. The summed E-state index contributed by atoms with van der Waals surface area (Å²) in [5, 5.41) is 9.19. The van der Waals surface area contributed by atoms with Crippen LogP contribution in [0.3, 0.4) is 0 Å². The Bertz CT molecular complexity index is 4200. The summed E-state index contributed by atoms with van der Waals surface area (Å²) >= 11 is 0. The van der Waals surface area contributed by atoms with Crippen LogP contribution >= 0.6 is 0 Å². The number of benzene rings is 2. The summed E-state index contributed by atoms with van der Waals surface area (Å²) < 4.78 is 170. The van der Waals surface area contributed by atoms with Crippen molar-refractivity contribution in [2.24, 2.45) is 25.9 Å². The lowest BCUT2D eigenvalue weighted by molar-refractivity contribution is -0.0229. The second-order valence-electron chi connectivity index (χ2n) is 22.9. The Hall–Kier alpha value is -7.94. The monoisotopic (exact) mass is 1250 g/mol. The van der Waals surface area contributed by atoms with Crippen LogP contribution in [-0.2, 0) is 43.2 Å². The summed E-state index contributed by atoms with van der Waals surface area (Å²) in [5.74, 6) is -7.73. The van der Waals surface area contributed by atoms with Crippen molar-refractivity contribution < 1.29 is 62.1 Å². The van der Waals surface area contributed by atoms with E-state index < -0.39 is 68.5 Å². The first kappa shape index (κ1) is 61.7. The molecule has 2 fully saturated rings. The molecule has 10 heterocycles. The van der Waals surface area contributed by atoms with Crippen molar-refractivity contribution in [1.82, 2.24) is 48.6 Å². The molecule has 0 N–H and O–H groups in total. The van der Waals surface area contributed by atoms with E-state index in [1.807, 2.05) is 26.0 Å². The minimum absolute atomic E-state index is 0.0434. The third-order valence-electron chi connectivity index (χ3n) is 16.1. The second-order valence-corrected chi connectivity index (χ2v) is 26.9. The third-order valence-corrected chi connectivity index (χ3v) is 18.3. The molecule has 8 aromatic heterocycles. The molecule has 2 unspecified atom stereocenters. The standard InChI is InChI=1S/2C31H32F3N5O4S/c2*1-18-15-37-38(3)28(18)20-14-22-27(36-16-20)25-23(43-17-31(2,33)34)7-8-24(44(4,40)41)30(25)39(22)29(19-9-12-42-13-10-19)26-21(32)6-5-11-35-26/h2*5-8,11,14-16,19,29H,9-10,12-13,17H2,1-4H3. The Kier molecular flexibility index (Phi) is 16.7. The van der Waals surface area contributed by atoms with Crippen molar-refractivity contribution in [2.75, 3.05) is 52.2 Å². The van der Waals surface area contributed by atoms with E-state index in [4.69, 9.17) is 28.9 Å². The van der Waals surface area contributed by atoms with Gasteiger partial charge in [0.1, 0.15) is 23.1 Å². The highest BCUT2D eigenvalue weighted by Gasteiger charge is 2.39. The first-order valence-corrected chi connectivity index (χ1v) is 32.2. The number of pyridine rings is 4. The van der Waals surface area contributed by atoms with Gasteiger partial charge >= 0.3 is 0 Å². The van der Waals surface area contributed by atoms with Crippen molar-refractivity contribution in [3.05, 3.63) is 132 Å². The van der Waals surface area contributed by atoms with Crippen LogP contribution in [0, 0.1) is 37.3 Å². The molecule has 2 aliphatic heterocycles. The highest BCUT2D eigenvalue weighted by molar-refractivity contribution is 7.91. The average Bonchev–Trinajstić information content (AvgIpc) is 1.57. The number of ether oxygens (including phenoxy) is 4. The van der Waals surface area contributed by atoms with Gasteiger partial charge in [0, 0.05) is 103 Å². The minimum Gasteiger partial charge on any atom is -0.487 e. The number of nitrogens with zero attached hydrogens (tertiary/aromatic N) is 10. The Morgan fingerprint density at radius 1 is 0.580 bits per heavy atom. The smallest absolute Gasteiger partial charge is 0.278 e. The minimum atomic E-state index is -3.89. The highest BCUT2D eigenvalue weighted by Crippen LogP contribution is 2.48. The lowest BCUT2D eigenvalue weighted by atomic mass is 9.88. The molecule has 0 aliphatic carbocycles. The van der Waals surface area contributed by atoms with Gasteiger partial charge in [-0.05, 0) is 123 Å². The zero-order chi connectivity index (χ0) is 62.8. The Balaban J connectivity index is 0.000000182. The number of alkyl halides is 4. The summed E-state index contributed by atoms with van der Waals surface area (Å²) in [7, 11) is -4.18. The zero-order valence-electron chi connectivity index (χ0n) is 49.4. The molecule has 0 bridgehead atoms. The maximum atomic E-state index is 15.7. The number of rotatable bonds is 16. The molecule has 0 saturated carbocycles. The largest absolute Gasteiger partial charge is 0.487 e. The van der Waals surface area contributed by atoms with Crippen LogP contribution in [0.15, 0.2) is 108 Å². The number of fused-ring (bicyclic) bond motifs is 6. The molecule has 2 aliphatic rings. The van der Waals surface area contributed by atoms with E-state index in [1.54, 1.807) is 57.4 Å². The van der Waals surface area contributed by atoms with Gasteiger partial charge < -0.3 is 28.1 Å². The van der Waals surface area contributed by atoms with Gasteiger partial charge in [-0.3, -0.25) is 29.3 Å². The molecule has 10 aromatic rings. The highest BCUT2D eigenvalue weighted by atomic mass is 32.2. The van der Waals surface area contributed by atoms with Gasteiger partial charge in [0.15, 0.2) is 32.9 Å². The molecule has 0 radical (unpaired) electrons. The van der Waals surface area contributed by atoms with E-state index in [9.17, 15) is 34.4 Å². The third kappa shape index (κ3) is 12.1. The normalized spacial score (nSPS) is 15.7. The molecule has 12 rings (SSSR count). The quantitative estimate of drug-likeness (QED) is 0.0827. The average molecular weight is 1260 g/mol. The summed E-state index contributed by atoms with van der Waals surface area (Å²) in [6, 6.07) is 13.2. The molecule has 0 spiro atoms. The van der Waals surface area contributed by atoms with Crippen LogP contribution in [-0.4, -0.2) is 129 Å². The number of aryl methyl sites for hydroxylation is 4. The first-order chi connectivity index (χ1) is 41.7. The number of sulfone groups is 2. The molecule has 2 atom stereocenters. The van der Waals surface area contributed by atoms with Crippen molar-refractivity contribution in [3.8, 4) is 34.0 Å². The van der Waals surface area contributed by atoms with Gasteiger partial charge in [0.25, 0.3) is 11.8 Å². The summed E-state index contributed by atoms with van der Waals surface area (Å²) in [5.41, 5.74) is 6.97. The van der Waals surface area contributed by atoms with Gasteiger partial charge in [-0.2, -0.15) is 10.2 Å². The van der Waals surface area contributed by atoms with E-state index in [-0.39, 0.29) is 66.3 Å². The number of hydrogen-bond acceptors (Lipinski definition) is 14. The molecular weight excluding hydrogens is 1190 g/mol. The van der Waals surface area contributed by atoms with Crippen LogP contribution in [0.2, 0.25) is 0 Å². The topological polar surface area (TPSA) is 202 Å². The van der Waals surface area contributed by atoms with E-state index in [1.165, 1.54) is 60.9 Å². The van der Waals surface area contributed by atoms with Crippen molar-refractivity contribution in [3.63, 3.8) is 0 Å². The molecule has 26 heteroatoms. The second kappa shape index (κ2) is 23.9. The summed E-state index contributed by atoms with van der Waals surface area (Å²) in [6.07, 6.45) is 14.1. The van der Waals surface area contributed by atoms with Crippen LogP contribution in [0.4, 0.5) is 26.3 Å². The number of halogens is 6. The Morgan fingerprint density at radius 2 is 0.955 bits per heavy atom. The predicted octanol–water partition coefficient (Wildman–Crippen LogP) is 11.8. The number of hydrogen-bond donors (Lipinski definition) is 0. The molecule has 2 aromatic carbocycles. The van der Waals surface area contributed by atoms with E-state index >= 15 is 8.78 Å². The summed E-state index contributed by atoms with van der Waals surface area (Å²) in [6.45, 7) is 5.17. The summed E-state index contributed by atoms with van der Waals surface area (Å²) in [4.78, 5) is 18.3. The lowest BCUT2D eigenvalue weighted by Gasteiger charge is -2.32. The Morgan fingerprint density at radius 3 is 1.27 bits per heavy atom. The molecule has 88 heavy (non-hydrogen) atoms. The van der Waals surface area contributed by atoms with E-state index in [2.05, 4.69) is 20.2 Å². The van der Waals surface area contributed by atoms with E-state index in [0.29, 0.717) is 85.3 Å².